The van der Waals surface area contributed by atoms with Crippen molar-refractivity contribution in [2.75, 3.05) is 0 Å². The van der Waals surface area contributed by atoms with Crippen molar-refractivity contribution in [1.29, 1.82) is 0 Å². The van der Waals surface area contributed by atoms with Crippen molar-refractivity contribution in [3.8, 4) is 12.3 Å². The Morgan fingerprint density at radius 1 is 1.10 bits per heavy atom. The number of aromatic nitrogens is 2. The summed E-state index contributed by atoms with van der Waals surface area (Å²) < 4.78 is 34.0. The SMILES string of the molecule is C#Cc1nc2ccccc2s1.CC=CC[n+]1csc2ccccc21.FP(F)F.[F-]. The lowest BCUT2D eigenvalue weighted by atomic mass is 10.3. The minimum Gasteiger partial charge on any atom is -1.00 e. The standard InChI is InChI=1S/C11H12NS.C9H5NS.F3P.FH/c1-2-3-8-12-9-13-11-7-5-4-6-10(11)12;1-2-9-10-7-5-3-4-6-8(7)11-9;1-4(2)3;/h2-7,9H,8H2,1H3;1,3-6H;;1H/q+1;;;/p-1. The van der Waals surface area contributed by atoms with Crippen LogP contribution in [0.4, 0.5) is 12.6 Å². The molecule has 2 aromatic heterocycles. The zero-order chi connectivity index (χ0) is 20.4. The lowest BCUT2D eigenvalue weighted by Gasteiger charge is -1.87. The van der Waals surface area contributed by atoms with Gasteiger partial charge >= 0.3 is 8.85 Å². The Morgan fingerprint density at radius 3 is 2.34 bits per heavy atom. The van der Waals surface area contributed by atoms with Gasteiger partial charge < -0.3 is 4.70 Å². The molecule has 0 N–H and O–H groups in total. The molecule has 0 bridgehead atoms. The molecule has 0 saturated heterocycles. The monoisotopic (exact) mass is 456 g/mol. The van der Waals surface area contributed by atoms with E-state index in [0.717, 1.165) is 21.8 Å². The number of halogens is 4. The summed E-state index contributed by atoms with van der Waals surface area (Å²) >= 11 is 3.34. The number of para-hydroxylation sites is 2. The molecule has 29 heavy (non-hydrogen) atoms. The molecule has 0 amide bonds. The number of terminal acetylenes is 1. The van der Waals surface area contributed by atoms with Gasteiger partial charge in [-0.2, -0.15) is 17.2 Å². The van der Waals surface area contributed by atoms with Crippen LogP contribution >= 0.6 is 31.5 Å². The number of allylic oxidation sites excluding steroid dienone is 2. The van der Waals surface area contributed by atoms with E-state index in [1.165, 1.54) is 10.2 Å². The van der Waals surface area contributed by atoms with Gasteiger partial charge in [0.05, 0.1) is 10.2 Å². The van der Waals surface area contributed by atoms with Crippen molar-refractivity contribution < 1.29 is 21.9 Å². The van der Waals surface area contributed by atoms with Gasteiger partial charge in [-0.1, -0.05) is 41.7 Å². The normalized spacial score (nSPS) is 10.1. The van der Waals surface area contributed by atoms with E-state index in [0.29, 0.717) is 0 Å². The molecule has 4 rings (SSSR count). The molecule has 0 saturated carbocycles. The molecule has 0 aliphatic carbocycles. The van der Waals surface area contributed by atoms with Gasteiger partial charge in [-0.05, 0) is 37.1 Å². The van der Waals surface area contributed by atoms with Crippen LogP contribution in [-0.4, -0.2) is 4.98 Å². The zero-order valence-corrected chi connectivity index (χ0v) is 17.8. The number of benzene rings is 2. The molecule has 0 unspecified atom stereocenters. The highest BCUT2D eigenvalue weighted by Gasteiger charge is 2.07. The van der Waals surface area contributed by atoms with E-state index in [9.17, 15) is 12.6 Å². The average molecular weight is 456 g/mol. The maximum Gasteiger partial charge on any atom is 0.456 e. The molecule has 0 spiro atoms. The van der Waals surface area contributed by atoms with Gasteiger partial charge in [-0.15, -0.1) is 17.8 Å². The Kier molecular flexibility index (Phi) is 11.1. The predicted molar refractivity (Wildman–Crippen MR) is 115 cm³/mol. The highest BCUT2D eigenvalue weighted by atomic mass is 32.1. The molecule has 4 aromatic rings. The van der Waals surface area contributed by atoms with Crippen molar-refractivity contribution in [2.45, 2.75) is 13.5 Å². The van der Waals surface area contributed by atoms with Gasteiger partial charge in [-0.3, -0.25) is 0 Å². The number of hydrogen-bond donors (Lipinski definition) is 0. The third-order valence-corrected chi connectivity index (χ3v) is 5.36. The van der Waals surface area contributed by atoms with Crippen LogP contribution in [0.3, 0.4) is 0 Å². The van der Waals surface area contributed by atoms with Crippen LogP contribution in [-0.2, 0) is 6.54 Å². The van der Waals surface area contributed by atoms with Gasteiger partial charge in [-0.25, -0.2) is 4.98 Å². The van der Waals surface area contributed by atoms with Gasteiger partial charge in [0.2, 0.25) is 11.0 Å². The van der Waals surface area contributed by atoms with Crippen LogP contribution < -0.4 is 9.27 Å². The van der Waals surface area contributed by atoms with E-state index in [1.807, 2.05) is 24.3 Å². The van der Waals surface area contributed by atoms with Crippen molar-refractivity contribution in [1.82, 2.24) is 4.98 Å². The lowest BCUT2D eigenvalue weighted by Crippen LogP contribution is -3.00. The first-order chi connectivity index (χ1) is 13.5. The first kappa shape index (κ1) is 24.7. The van der Waals surface area contributed by atoms with E-state index in [4.69, 9.17) is 6.42 Å². The summed E-state index contributed by atoms with van der Waals surface area (Å²) in [7, 11) is -4.12. The Labute approximate surface area is 175 Å². The molecule has 152 valence electrons. The highest BCUT2D eigenvalue weighted by molar-refractivity contribution is 7.40. The number of hydrogen-bond acceptors (Lipinski definition) is 3. The summed E-state index contributed by atoms with van der Waals surface area (Å²) in [6.45, 7) is 3.02. The van der Waals surface area contributed by atoms with E-state index >= 15 is 0 Å². The quantitative estimate of drug-likeness (QED) is 0.146. The fourth-order valence-electron chi connectivity index (χ4n) is 2.27. The third-order valence-electron chi connectivity index (χ3n) is 3.44. The summed E-state index contributed by atoms with van der Waals surface area (Å²) in [6, 6.07) is 16.4. The summed E-state index contributed by atoms with van der Waals surface area (Å²) in [5.74, 6) is 2.52. The van der Waals surface area contributed by atoms with Crippen molar-refractivity contribution in [3.05, 3.63) is 71.2 Å². The summed E-state index contributed by atoms with van der Waals surface area (Å²) in [5.41, 5.74) is 4.49. The van der Waals surface area contributed by atoms with Crippen molar-refractivity contribution in [3.63, 3.8) is 0 Å². The van der Waals surface area contributed by atoms with E-state index < -0.39 is 8.85 Å². The van der Waals surface area contributed by atoms with Gasteiger partial charge in [0.15, 0.2) is 11.6 Å². The molecule has 0 radical (unpaired) electrons. The molecule has 2 aromatic carbocycles. The summed E-state index contributed by atoms with van der Waals surface area (Å²) in [6.07, 6.45) is 9.46. The maximum atomic E-state index is 9.73. The maximum absolute atomic E-state index is 9.73. The van der Waals surface area contributed by atoms with Crippen LogP contribution in [0.5, 0.6) is 0 Å². The highest BCUT2D eigenvalue weighted by Crippen LogP contribution is 2.39. The topological polar surface area (TPSA) is 16.8 Å². The molecular formula is C20H17F4N2PS2. The Hall–Kier alpha value is -2.33. The van der Waals surface area contributed by atoms with Crippen molar-refractivity contribution in [2.24, 2.45) is 0 Å². The van der Waals surface area contributed by atoms with Crippen LogP contribution in [0.1, 0.15) is 11.9 Å². The van der Waals surface area contributed by atoms with E-state index in [-0.39, 0.29) is 4.70 Å². The minimum absolute atomic E-state index is 0. The number of fused-ring (bicyclic) bond motifs is 2. The lowest BCUT2D eigenvalue weighted by molar-refractivity contribution is -0.656. The van der Waals surface area contributed by atoms with Crippen molar-refractivity contribution >= 4 is 52.0 Å². The second kappa shape index (κ2) is 13.0. The molecule has 0 aliphatic heterocycles. The first-order valence-corrected chi connectivity index (χ1v) is 10.8. The van der Waals surface area contributed by atoms with Gasteiger partial charge in [0, 0.05) is 6.07 Å². The van der Waals surface area contributed by atoms with E-state index in [1.54, 1.807) is 22.7 Å². The van der Waals surface area contributed by atoms with Crippen LogP contribution in [0.2, 0.25) is 0 Å². The minimum atomic E-state index is -4.12. The zero-order valence-electron chi connectivity index (χ0n) is 15.3. The number of thiazole rings is 2. The van der Waals surface area contributed by atoms with Gasteiger partial charge in [0.25, 0.3) is 0 Å². The fraction of sp³-hybridized carbons (Fsp3) is 0.100. The van der Waals surface area contributed by atoms with Crippen LogP contribution in [0.15, 0.2) is 66.2 Å². The molecule has 0 aliphatic rings. The van der Waals surface area contributed by atoms with E-state index in [2.05, 4.69) is 64.3 Å². The largest absolute Gasteiger partial charge is 1.00 e. The smallest absolute Gasteiger partial charge is 0.456 e. The average Bonchev–Trinajstić information content (AvgIpc) is 3.30. The first-order valence-electron chi connectivity index (χ1n) is 8.11. The summed E-state index contributed by atoms with van der Waals surface area (Å²) in [4.78, 5) is 4.21. The van der Waals surface area contributed by atoms with Gasteiger partial charge in [0.1, 0.15) is 4.70 Å². The second-order valence-corrected chi connectivity index (χ2v) is 7.54. The number of rotatable bonds is 2. The number of nitrogens with zero attached hydrogens (tertiary/aromatic N) is 2. The van der Waals surface area contributed by atoms with Crippen LogP contribution in [0.25, 0.3) is 20.4 Å². The van der Waals surface area contributed by atoms with Crippen LogP contribution in [0, 0.1) is 12.3 Å². The Bertz CT molecular complexity index is 1050. The molecular weight excluding hydrogens is 439 g/mol. The molecule has 0 fully saturated rings. The Morgan fingerprint density at radius 2 is 1.72 bits per heavy atom. The third kappa shape index (κ3) is 7.90. The molecule has 2 nitrogen and oxygen atoms in total. The second-order valence-electron chi connectivity index (χ2n) is 5.24. The molecule has 2 heterocycles. The fourth-order valence-corrected chi connectivity index (χ4v) is 3.95. The predicted octanol–water partition coefficient (Wildman–Crippen LogP) is 4.17. The Balaban J connectivity index is 0.000000241. The molecule has 9 heteroatoms. The summed E-state index contributed by atoms with van der Waals surface area (Å²) in [5, 5.41) is 0.756. The molecule has 0 atom stereocenters.